The van der Waals surface area contributed by atoms with E-state index in [0.717, 1.165) is 25.2 Å². The molecule has 0 radical (unpaired) electrons. The van der Waals surface area contributed by atoms with Crippen LogP contribution in [0.4, 0.5) is 5.69 Å². The van der Waals surface area contributed by atoms with Gasteiger partial charge in [0.2, 0.25) is 0 Å². The van der Waals surface area contributed by atoms with Crippen LogP contribution in [0.15, 0.2) is 39.7 Å². The van der Waals surface area contributed by atoms with Crippen molar-refractivity contribution in [1.29, 1.82) is 0 Å². The molecule has 1 N–H and O–H groups in total. The standard InChI is InChI=1S/C21H27BrN4O3/c1-4-26-20(27)19(22)18(11-23-26)24-17-10-16(12-25(3)13-17)14-6-8-15(9-7-14)21(28)29-5-2/h6-9,11,16-17,24H,4-5,10,12-13H2,1-3H3/t16-,17+/m0/s1. The Kier molecular flexibility index (Phi) is 7.08. The van der Waals surface area contributed by atoms with Crippen LogP contribution in [-0.4, -0.2) is 53.4 Å². The van der Waals surface area contributed by atoms with Crippen LogP contribution in [0, 0.1) is 0 Å². The Morgan fingerprint density at radius 3 is 2.66 bits per heavy atom. The van der Waals surface area contributed by atoms with Gasteiger partial charge in [-0.15, -0.1) is 0 Å². The van der Waals surface area contributed by atoms with E-state index in [1.807, 2.05) is 31.2 Å². The summed E-state index contributed by atoms with van der Waals surface area (Å²) >= 11 is 3.41. The molecule has 0 amide bonds. The number of esters is 1. The normalized spacial score (nSPS) is 19.7. The first-order valence-electron chi connectivity index (χ1n) is 9.90. The molecule has 3 rings (SSSR count). The third kappa shape index (κ3) is 5.05. The molecule has 2 atom stereocenters. The van der Waals surface area contributed by atoms with Crippen molar-refractivity contribution in [2.75, 3.05) is 32.1 Å². The first kappa shape index (κ1) is 21.5. The zero-order valence-electron chi connectivity index (χ0n) is 17.0. The van der Waals surface area contributed by atoms with Crippen LogP contribution in [0.5, 0.6) is 0 Å². The summed E-state index contributed by atoms with van der Waals surface area (Å²) in [5, 5.41) is 7.69. The summed E-state index contributed by atoms with van der Waals surface area (Å²) < 4.78 is 7.00. The fraction of sp³-hybridized carbons (Fsp3) is 0.476. The number of aromatic nitrogens is 2. The topological polar surface area (TPSA) is 76.5 Å². The van der Waals surface area contributed by atoms with Gasteiger partial charge in [0.1, 0.15) is 4.47 Å². The number of anilines is 1. The minimum absolute atomic E-state index is 0.132. The van der Waals surface area contributed by atoms with Gasteiger partial charge in [0, 0.05) is 25.7 Å². The van der Waals surface area contributed by atoms with Crippen molar-refractivity contribution in [3.05, 3.63) is 56.4 Å². The molecule has 8 heteroatoms. The fourth-order valence-corrected chi connectivity index (χ4v) is 4.20. The van der Waals surface area contributed by atoms with E-state index in [4.69, 9.17) is 4.74 Å². The number of piperidine rings is 1. The number of nitrogens with one attached hydrogen (secondary N) is 1. The minimum Gasteiger partial charge on any atom is -0.462 e. The Morgan fingerprint density at radius 1 is 1.28 bits per heavy atom. The summed E-state index contributed by atoms with van der Waals surface area (Å²) in [6.45, 7) is 6.41. The maximum absolute atomic E-state index is 12.3. The molecule has 2 aromatic rings. The molecule has 0 spiro atoms. The summed E-state index contributed by atoms with van der Waals surface area (Å²) in [6.07, 6.45) is 2.62. The van der Waals surface area contributed by atoms with Gasteiger partial charge in [0.25, 0.3) is 5.56 Å². The highest BCUT2D eigenvalue weighted by Gasteiger charge is 2.27. The molecule has 156 valence electrons. The summed E-state index contributed by atoms with van der Waals surface area (Å²) in [7, 11) is 2.09. The van der Waals surface area contributed by atoms with Gasteiger partial charge in [-0.1, -0.05) is 12.1 Å². The zero-order chi connectivity index (χ0) is 21.0. The highest BCUT2D eigenvalue weighted by molar-refractivity contribution is 9.10. The maximum Gasteiger partial charge on any atom is 0.338 e. The smallest absolute Gasteiger partial charge is 0.338 e. The molecule has 0 saturated carbocycles. The Morgan fingerprint density at radius 2 is 2.00 bits per heavy atom. The monoisotopic (exact) mass is 462 g/mol. The van der Waals surface area contributed by atoms with Crippen molar-refractivity contribution in [3.63, 3.8) is 0 Å². The van der Waals surface area contributed by atoms with Crippen molar-refractivity contribution in [2.45, 2.75) is 38.8 Å². The maximum atomic E-state index is 12.3. The van der Waals surface area contributed by atoms with Crippen LogP contribution in [-0.2, 0) is 11.3 Å². The van der Waals surface area contributed by atoms with Crippen LogP contribution < -0.4 is 10.9 Å². The Bertz CT molecular complexity index is 913. The molecule has 1 fully saturated rings. The summed E-state index contributed by atoms with van der Waals surface area (Å²) in [5.41, 5.74) is 2.35. The lowest BCUT2D eigenvalue weighted by atomic mass is 9.88. The van der Waals surface area contributed by atoms with Crippen molar-refractivity contribution < 1.29 is 9.53 Å². The molecular formula is C21H27BrN4O3. The molecule has 0 bridgehead atoms. The third-order valence-corrected chi connectivity index (χ3v) is 5.94. The highest BCUT2D eigenvalue weighted by Crippen LogP contribution is 2.29. The number of carbonyl (C=O) groups excluding carboxylic acids is 1. The quantitative estimate of drug-likeness (QED) is 0.664. The average molecular weight is 463 g/mol. The van der Waals surface area contributed by atoms with Crippen molar-refractivity contribution in [3.8, 4) is 0 Å². The molecule has 1 aromatic carbocycles. The first-order valence-corrected chi connectivity index (χ1v) is 10.7. The largest absolute Gasteiger partial charge is 0.462 e. The second-order valence-electron chi connectivity index (χ2n) is 7.33. The average Bonchev–Trinajstić information content (AvgIpc) is 2.71. The van der Waals surface area contributed by atoms with Crippen molar-refractivity contribution >= 4 is 27.6 Å². The van der Waals surface area contributed by atoms with E-state index in [2.05, 4.69) is 38.3 Å². The molecule has 0 aliphatic carbocycles. The number of hydrogen-bond acceptors (Lipinski definition) is 6. The molecule has 0 unspecified atom stereocenters. The van der Waals surface area contributed by atoms with Crippen LogP contribution in [0.3, 0.4) is 0 Å². The third-order valence-electron chi connectivity index (χ3n) is 5.17. The SMILES string of the molecule is CCOC(=O)c1ccc([C@H]2C[C@@H](Nc3cnn(CC)c(=O)c3Br)CN(C)C2)cc1. The number of likely N-dealkylation sites (tertiary alicyclic amines) is 1. The summed E-state index contributed by atoms with van der Waals surface area (Å²) in [5.74, 6) is 0.0313. The van der Waals surface area contributed by atoms with Crippen molar-refractivity contribution in [2.24, 2.45) is 0 Å². The summed E-state index contributed by atoms with van der Waals surface area (Å²) in [6, 6.07) is 7.85. The number of likely N-dealkylation sites (N-methyl/N-ethyl adjacent to an activating group) is 1. The lowest BCUT2D eigenvalue weighted by Gasteiger charge is -2.37. The van der Waals surface area contributed by atoms with E-state index in [9.17, 15) is 9.59 Å². The van der Waals surface area contributed by atoms with Crippen LogP contribution in [0.25, 0.3) is 0 Å². The second-order valence-corrected chi connectivity index (χ2v) is 8.12. The predicted molar refractivity (Wildman–Crippen MR) is 117 cm³/mol. The fourth-order valence-electron chi connectivity index (χ4n) is 3.78. The molecule has 7 nitrogen and oxygen atoms in total. The van der Waals surface area contributed by atoms with Gasteiger partial charge in [-0.05, 0) is 66.9 Å². The first-order chi connectivity index (χ1) is 13.9. The van der Waals surface area contributed by atoms with Gasteiger partial charge in [0.15, 0.2) is 0 Å². The van der Waals surface area contributed by atoms with E-state index in [0.29, 0.717) is 29.1 Å². The molecule has 1 aliphatic heterocycles. The number of hydrogen-bond donors (Lipinski definition) is 1. The number of benzene rings is 1. The Balaban J connectivity index is 1.73. The van der Waals surface area contributed by atoms with Crippen molar-refractivity contribution in [1.82, 2.24) is 14.7 Å². The Labute approximate surface area is 179 Å². The predicted octanol–water partition coefficient (Wildman–Crippen LogP) is 3.10. The van der Waals surface area contributed by atoms with E-state index < -0.39 is 0 Å². The van der Waals surface area contributed by atoms with E-state index in [-0.39, 0.29) is 17.6 Å². The summed E-state index contributed by atoms with van der Waals surface area (Å²) in [4.78, 5) is 26.5. The van der Waals surface area contributed by atoms with Gasteiger partial charge in [-0.2, -0.15) is 5.10 Å². The lowest BCUT2D eigenvalue weighted by Crippen LogP contribution is -2.43. The number of rotatable bonds is 6. The second kappa shape index (κ2) is 9.54. The zero-order valence-corrected chi connectivity index (χ0v) is 18.6. The number of ether oxygens (including phenoxy) is 1. The molecule has 2 heterocycles. The Hall–Kier alpha value is -2.19. The molecule has 29 heavy (non-hydrogen) atoms. The number of nitrogens with zero attached hydrogens (tertiary/aromatic N) is 3. The highest BCUT2D eigenvalue weighted by atomic mass is 79.9. The number of halogens is 1. The van der Waals surface area contributed by atoms with Gasteiger partial charge in [0.05, 0.1) is 24.1 Å². The van der Waals surface area contributed by atoms with Gasteiger partial charge in [-0.3, -0.25) is 4.79 Å². The van der Waals surface area contributed by atoms with Gasteiger partial charge < -0.3 is 15.0 Å². The number of carbonyl (C=O) groups is 1. The van der Waals surface area contributed by atoms with E-state index >= 15 is 0 Å². The van der Waals surface area contributed by atoms with Crippen LogP contribution in [0.1, 0.15) is 42.1 Å². The molecular weight excluding hydrogens is 436 g/mol. The van der Waals surface area contributed by atoms with E-state index in [1.165, 1.54) is 10.2 Å². The molecule has 1 aliphatic rings. The lowest BCUT2D eigenvalue weighted by molar-refractivity contribution is 0.0526. The van der Waals surface area contributed by atoms with Gasteiger partial charge in [-0.25, -0.2) is 9.48 Å². The number of aryl methyl sites for hydroxylation is 1. The van der Waals surface area contributed by atoms with Gasteiger partial charge >= 0.3 is 5.97 Å². The van der Waals surface area contributed by atoms with E-state index in [1.54, 1.807) is 13.1 Å². The molecule has 1 aromatic heterocycles. The van der Waals surface area contributed by atoms with Crippen LogP contribution >= 0.6 is 15.9 Å². The van der Waals surface area contributed by atoms with Crippen LogP contribution in [0.2, 0.25) is 0 Å². The minimum atomic E-state index is -0.293. The molecule has 1 saturated heterocycles.